The molecule has 2 nitrogen and oxygen atoms in total. The van der Waals surface area contributed by atoms with Crippen LogP contribution in [-0.2, 0) is 23.8 Å². The summed E-state index contributed by atoms with van der Waals surface area (Å²) in [5.41, 5.74) is 1.07. The normalized spacial score (nSPS) is 12.6. The van der Waals surface area contributed by atoms with Gasteiger partial charge in [0.25, 0.3) is 0 Å². The van der Waals surface area contributed by atoms with Gasteiger partial charge in [-0.2, -0.15) is 13.2 Å². The maximum atomic E-state index is 14.0. The maximum Gasteiger partial charge on any atom is 0.416 e. The molecule has 0 bridgehead atoms. The lowest BCUT2D eigenvalue weighted by molar-refractivity contribution is -0.139. The molecule has 4 rings (SSSR count). The van der Waals surface area contributed by atoms with Gasteiger partial charge in [0, 0.05) is 0 Å². The summed E-state index contributed by atoms with van der Waals surface area (Å²) in [5, 5.41) is 1.20. The molecule has 0 heterocycles. The molecule has 4 aromatic carbocycles. The number of fused-ring (bicyclic) bond motifs is 1. The predicted octanol–water partition coefficient (Wildman–Crippen LogP) is 7.99. The Kier molecular flexibility index (Phi) is 7.25. The van der Waals surface area contributed by atoms with Gasteiger partial charge >= 0.3 is 12.1 Å². The number of benzene rings is 4. The van der Waals surface area contributed by atoms with Crippen LogP contribution in [0.3, 0.4) is 0 Å². The second kappa shape index (κ2) is 10.3. The highest BCUT2D eigenvalue weighted by molar-refractivity contribution is 5.85. The number of rotatable bonds is 7. The van der Waals surface area contributed by atoms with Crippen molar-refractivity contribution in [2.24, 2.45) is 5.92 Å². The van der Waals surface area contributed by atoms with E-state index in [1.807, 2.05) is 24.3 Å². The standard InChI is InChI=1S/C30H27F3O2/c1-20(2)16-21-12-14-22(15-13-21)27(29(34)35-26-10-4-3-5-11-26)18-25-17-23-8-6-7-9-24(23)19-28(25)30(31,32)33/h3-15,17,19-20,27H,16,18H2,1-2H3. The first kappa shape index (κ1) is 24.5. The number of esters is 1. The first-order valence-electron chi connectivity index (χ1n) is 11.6. The van der Waals surface area contributed by atoms with Crippen molar-refractivity contribution in [2.75, 3.05) is 0 Å². The highest BCUT2D eigenvalue weighted by atomic mass is 19.4. The molecule has 0 aliphatic carbocycles. The topological polar surface area (TPSA) is 26.3 Å². The summed E-state index contributed by atoms with van der Waals surface area (Å²) in [4.78, 5) is 13.3. The van der Waals surface area contributed by atoms with Gasteiger partial charge in [0.15, 0.2) is 0 Å². The average molecular weight is 477 g/mol. The van der Waals surface area contributed by atoms with E-state index in [1.54, 1.807) is 54.6 Å². The van der Waals surface area contributed by atoms with Gasteiger partial charge in [-0.05, 0) is 64.4 Å². The Bertz CT molecular complexity index is 1290. The van der Waals surface area contributed by atoms with Crippen LogP contribution in [0.5, 0.6) is 5.75 Å². The Morgan fingerprint density at radius 3 is 2.00 bits per heavy atom. The fourth-order valence-corrected chi connectivity index (χ4v) is 4.31. The number of ether oxygens (including phenoxy) is 1. The Morgan fingerprint density at radius 2 is 1.40 bits per heavy atom. The van der Waals surface area contributed by atoms with Gasteiger partial charge in [0.1, 0.15) is 5.75 Å². The van der Waals surface area contributed by atoms with Gasteiger partial charge in [-0.3, -0.25) is 4.79 Å². The highest BCUT2D eigenvalue weighted by Crippen LogP contribution is 2.37. The Labute approximate surface area is 203 Å². The quantitative estimate of drug-likeness (QED) is 0.200. The fourth-order valence-electron chi connectivity index (χ4n) is 4.31. The molecule has 0 aliphatic heterocycles. The van der Waals surface area contributed by atoms with Crippen LogP contribution in [0.1, 0.15) is 42.0 Å². The van der Waals surface area contributed by atoms with E-state index >= 15 is 0 Å². The van der Waals surface area contributed by atoms with Crippen molar-refractivity contribution in [1.29, 1.82) is 0 Å². The second-order valence-corrected chi connectivity index (χ2v) is 9.18. The van der Waals surface area contributed by atoms with Gasteiger partial charge in [-0.1, -0.05) is 86.6 Å². The van der Waals surface area contributed by atoms with Gasteiger partial charge in [0.2, 0.25) is 0 Å². The first-order valence-corrected chi connectivity index (χ1v) is 11.6. The minimum atomic E-state index is -4.55. The van der Waals surface area contributed by atoms with Crippen molar-refractivity contribution in [3.8, 4) is 5.75 Å². The third-order valence-electron chi connectivity index (χ3n) is 5.97. The lowest BCUT2D eigenvalue weighted by Gasteiger charge is -2.20. The molecule has 0 aromatic heterocycles. The zero-order valence-corrected chi connectivity index (χ0v) is 19.7. The highest BCUT2D eigenvalue weighted by Gasteiger charge is 2.35. The lowest BCUT2D eigenvalue weighted by Crippen LogP contribution is -2.22. The van der Waals surface area contributed by atoms with Crippen LogP contribution in [0.15, 0.2) is 91.0 Å². The summed E-state index contributed by atoms with van der Waals surface area (Å²) in [5.74, 6) is -0.667. The summed E-state index contributed by atoms with van der Waals surface area (Å²) in [6.45, 7) is 4.23. The molecule has 0 amide bonds. The van der Waals surface area contributed by atoms with Crippen LogP contribution >= 0.6 is 0 Å². The lowest BCUT2D eigenvalue weighted by atomic mass is 9.87. The monoisotopic (exact) mass is 476 g/mol. The largest absolute Gasteiger partial charge is 0.426 e. The van der Waals surface area contributed by atoms with Crippen molar-refractivity contribution in [2.45, 2.75) is 38.8 Å². The number of alkyl halides is 3. The predicted molar refractivity (Wildman–Crippen MR) is 132 cm³/mol. The minimum absolute atomic E-state index is 0.0671. The Morgan fingerprint density at radius 1 is 0.800 bits per heavy atom. The molecular formula is C30H27F3O2. The molecular weight excluding hydrogens is 449 g/mol. The molecule has 0 aliphatic rings. The number of hydrogen-bond donors (Lipinski definition) is 0. The van der Waals surface area contributed by atoms with Crippen LogP contribution in [0, 0.1) is 5.92 Å². The first-order chi connectivity index (χ1) is 16.7. The molecule has 1 unspecified atom stereocenters. The van der Waals surface area contributed by atoms with Gasteiger partial charge in [-0.15, -0.1) is 0 Å². The average Bonchev–Trinajstić information content (AvgIpc) is 2.82. The number of halogens is 3. The molecule has 4 aromatic rings. The van der Waals surface area contributed by atoms with Crippen molar-refractivity contribution >= 4 is 16.7 Å². The number of carbonyl (C=O) groups excluding carboxylic acids is 1. The van der Waals surface area contributed by atoms with E-state index in [4.69, 9.17) is 4.74 Å². The molecule has 35 heavy (non-hydrogen) atoms. The Hall–Kier alpha value is -3.60. The van der Waals surface area contributed by atoms with Crippen molar-refractivity contribution in [3.05, 3.63) is 113 Å². The second-order valence-electron chi connectivity index (χ2n) is 9.18. The minimum Gasteiger partial charge on any atom is -0.426 e. The third-order valence-corrected chi connectivity index (χ3v) is 5.97. The summed E-state index contributed by atoms with van der Waals surface area (Å²) >= 11 is 0. The van der Waals surface area contributed by atoms with E-state index < -0.39 is 23.6 Å². The summed E-state index contributed by atoms with van der Waals surface area (Å²) < 4.78 is 47.7. The smallest absolute Gasteiger partial charge is 0.416 e. The molecule has 0 fully saturated rings. The van der Waals surface area contributed by atoms with Crippen LogP contribution < -0.4 is 4.74 Å². The van der Waals surface area contributed by atoms with Crippen molar-refractivity contribution in [1.82, 2.24) is 0 Å². The fraction of sp³-hybridized carbons (Fsp3) is 0.233. The zero-order valence-electron chi connectivity index (χ0n) is 19.7. The summed E-state index contributed by atoms with van der Waals surface area (Å²) in [6.07, 6.45) is -3.80. The van der Waals surface area contributed by atoms with E-state index in [-0.39, 0.29) is 12.0 Å². The van der Waals surface area contributed by atoms with Crippen LogP contribution in [-0.4, -0.2) is 5.97 Å². The third kappa shape index (κ3) is 6.10. The number of hydrogen-bond acceptors (Lipinski definition) is 2. The SMILES string of the molecule is CC(C)Cc1ccc(C(Cc2cc3ccccc3cc2C(F)(F)F)C(=O)Oc2ccccc2)cc1. The van der Waals surface area contributed by atoms with Crippen LogP contribution in [0.25, 0.3) is 10.8 Å². The molecule has 0 spiro atoms. The molecule has 0 saturated heterocycles. The molecule has 0 radical (unpaired) electrons. The van der Waals surface area contributed by atoms with E-state index in [2.05, 4.69) is 13.8 Å². The van der Waals surface area contributed by atoms with E-state index in [1.165, 1.54) is 6.07 Å². The van der Waals surface area contributed by atoms with E-state index in [0.717, 1.165) is 18.1 Å². The summed E-state index contributed by atoms with van der Waals surface area (Å²) in [7, 11) is 0. The van der Waals surface area contributed by atoms with Crippen molar-refractivity contribution in [3.63, 3.8) is 0 Å². The maximum absolute atomic E-state index is 14.0. The van der Waals surface area contributed by atoms with E-state index in [0.29, 0.717) is 28.0 Å². The van der Waals surface area contributed by atoms with Crippen LogP contribution in [0.2, 0.25) is 0 Å². The number of carbonyl (C=O) groups is 1. The molecule has 1 atom stereocenters. The molecule has 0 saturated carbocycles. The molecule has 5 heteroatoms. The van der Waals surface area contributed by atoms with Gasteiger partial charge in [-0.25, -0.2) is 0 Å². The van der Waals surface area contributed by atoms with E-state index in [9.17, 15) is 18.0 Å². The zero-order chi connectivity index (χ0) is 25.0. The van der Waals surface area contributed by atoms with Crippen LogP contribution in [0.4, 0.5) is 13.2 Å². The van der Waals surface area contributed by atoms with Gasteiger partial charge in [0.05, 0.1) is 11.5 Å². The Balaban J connectivity index is 1.75. The molecule has 0 N–H and O–H groups in total. The van der Waals surface area contributed by atoms with Crippen molar-refractivity contribution < 1.29 is 22.7 Å². The summed E-state index contributed by atoms with van der Waals surface area (Å²) in [6, 6.07) is 25.7. The molecule has 180 valence electrons. The number of para-hydroxylation sites is 1. The van der Waals surface area contributed by atoms with Gasteiger partial charge < -0.3 is 4.74 Å².